The Kier molecular flexibility index (Phi) is 4.16. The minimum absolute atomic E-state index is 0.0673. The van der Waals surface area contributed by atoms with Gasteiger partial charge in [0.15, 0.2) is 5.76 Å². The highest BCUT2D eigenvalue weighted by atomic mass is 16.5. The lowest BCUT2D eigenvalue weighted by Gasteiger charge is -2.34. The van der Waals surface area contributed by atoms with Crippen LogP contribution in [-0.2, 0) is 11.3 Å². The lowest BCUT2D eigenvalue weighted by Crippen LogP contribution is -2.49. The van der Waals surface area contributed by atoms with Gasteiger partial charge in [0, 0.05) is 38.7 Å². The zero-order chi connectivity index (χ0) is 16.4. The molecular formula is C15H20N6O3. The van der Waals surface area contributed by atoms with E-state index in [2.05, 4.69) is 20.4 Å². The first-order chi connectivity index (χ1) is 11.8. The molecule has 0 spiro atoms. The summed E-state index contributed by atoms with van der Waals surface area (Å²) in [5.41, 5.74) is 0. The van der Waals surface area contributed by atoms with E-state index in [-0.39, 0.29) is 5.91 Å². The Hall–Kier alpha value is -2.42. The molecule has 2 aromatic rings. The number of anilines is 1. The third kappa shape index (κ3) is 2.99. The predicted octanol–water partition coefficient (Wildman–Crippen LogP) is 0.265. The molecule has 1 unspecified atom stereocenters. The van der Waals surface area contributed by atoms with Gasteiger partial charge in [0.25, 0.3) is 5.91 Å². The van der Waals surface area contributed by atoms with E-state index >= 15 is 0 Å². The number of ether oxygens (including phenoxy) is 1. The number of carbonyl (C=O) groups excluding carboxylic acids is 1. The summed E-state index contributed by atoms with van der Waals surface area (Å²) in [6, 6.07) is 3.42. The standard InChI is InChI=1S/C15H20N6O3/c22-14(13-2-1-8-24-13)19-4-6-20(7-5-19)15-16-17-18-21(15)10-12-3-9-23-11-12/h1-2,8,12H,3-7,9-11H2. The summed E-state index contributed by atoms with van der Waals surface area (Å²) in [7, 11) is 0. The first kappa shape index (κ1) is 15.1. The van der Waals surface area contributed by atoms with Crippen molar-refractivity contribution < 1.29 is 13.9 Å². The highest BCUT2D eigenvalue weighted by molar-refractivity contribution is 5.91. The van der Waals surface area contributed by atoms with Crippen LogP contribution in [0.4, 0.5) is 5.95 Å². The third-order valence-corrected chi connectivity index (χ3v) is 4.55. The molecule has 24 heavy (non-hydrogen) atoms. The molecule has 0 aliphatic carbocycles. The van der Waals surface area contributed by atoms with Crippen LogP contribution in [0.25, 0.3) is 0 Å². The van der Waals surface area contributed by atoms with Crippen molar-refractivity contribution in [3.8, 4) is 0 Å². The molecule has 0 bridgehead atoms. The van der Waals surface area contributed by atoms with Crippen LogP contribution in [0.3, 0.4) is 0 Å². The van der Waals surface area contributed by atoms with Crippen molar-refractivity contribution in [2.24, 2.45) is 5.92 Å². The fourth-order valence-corrected chi connectivity index (χ4v) is 3.18. The average molecular weight is 332 g/mol. The van der Waals surface area contributed by atoms with Gasteiger partial charge in [-0.1, -0.05) is 5.10 Å². The van der Waals surface area contributed by atoms with Gasteiger partial charge in [-0.05, 0) is 29.0 Å². The van der Waals surface area contributed by atoms with Crippen LogP contribution in [0.1, 0.15) is 17.0 Å². The molecule has 4 rings (SSSR count). The molecule has 2 aliphatic heterocycles. The Bertz CT molecular complexity index is 671. The molecule has 9 nitrogen and oxygen atoms in total. The van der Waals surface area contributed by atoms with E-state index in [9.17, 15) is 4.79 Å². The van der Waals surface area contributed by atoms with E-state index in [0.29, 0.717) is 37.9 Å². The Morgan fingerprint density at radius 1 is 1.29 bits per heavy atom. The van der Waals surface area contributed by atoms with Crippen molar-refractivity contribution in [3.63, 3.8) is 0 Å². The molecular weight excluding hydrogens is 312 g/mol. The summed E-state index contributed by atoms with van der Waals surface area (Å²) in [6.07, 6.45) is 2.56. The van der Waals surface area contributed by atoms with Gasteiger partial charge in [0.05, 0.1) is 19.4 Å². The van der Waals surface area contributed by atoms with Gasteiger partial charge in [-0.15, -0.1) is 0 Å². The monoisotopic (exact) mass is 332 g/mol. The van der Waals surface area contributed by atoms with Gasteiger partial charge in [-0.2, -0.15) is 0 Å². The quantitative estimate of drug-likeness (QED) is 0.793. The molecule has 2 saturated heterocycles. The minimum atomic E-state index is -0.0673. The van der Waals surface area contributed by atoms with Gasteiger partial charge < -0.3 is 19.0 Å². The van der Waals surface area contributed by atoms with Gasteiger partial charge in [0.2, 0.25) is 5.95 Å². The van der Waals surface area contributed by atoms with E-state index in [0.717, 1.165) is 32.1 Å². The van der Waals surface area contributed by atoms with Crippen LogP contribution in [-0.4, -0.2) is 70.4 Å². The molecule has 4 heterocycles. The average Bonchev–Trinajstić information content (AvgIpc) is 3.37. The number of hydrogen-bond donors (Lipinski definition) is 0. The topological polar surface area (TPSA) is 89.5 Å². The Morgan fingerprint density at radius 2 is 2.17 bits per heavy atom. The summed E-state index contributed by atoms with van der Waals surface area (Å²) >= 11 is 0. The van der Waals surface area contributed by atoms with Crippen LogP contribution < -0.4 is 4.90 Å². The number of amides is 1. The van der Waals surface area contributed by atoms with Crippen molar-refractivity contribution in [2.45, 2.75) is 13.0 Å². The molecule has 0 radical (unpaired) electrons. The lowest BCUT2D eigenvalue weighted by atomic mass is 10.1. The first-order valence-electron chi connectivity index (χ1n) is 8.23. The molecule has 128 valence electrons. The van der Waals surface area contributed by atoms with Crippen LogP contribution in [0, 0.1) is 5.92 Å². The second-order valence-corrected chi connectivity index (χ2v) is 6.15. The number of nitrogens with zero attached hydrogens (tertiary/aromatic N) is 6. The third-order valence-electron chi connectivity index (χ3n) is 4.55. The van der Waals surface area contributed by atoms with Crippen molar-refractivity contribution >= 4 is 11.9 Å². The number of piperazine rings is 1. The molecule has 1 atom stereocenters. The molecule has 2 fully saturated rings. The molecule has 1 amide bonds. The number of aromatic nitrogens is 4. The van der Waals surface area contributed by atoms with E-state index in [1.54, 1.807) is 17.0 Å². The molecule has 2 aliphatic rings. The SMILES string of the molecule is O=C(c1ccco1)N1CCN(c2nnnn2CC2CCOC2)CC1. The maximum absolute atomic E-state index is 12.3. The smallest absolute Gasteiger partial charge is 0.289 e. The van der Waals surface area contributed by atoms with E-state index < -0.39 is 0 Å². The van der Waals surface area contributed by atoms with E-state index in [1.165, 1.54) is 6.26 Å². The lowest BCUT2D eigenvalue weighted by molar-refractivity contribution is 0.0714. The van der Waals surface area contributed by atoms with Crippen LogP contribution in [0.5, 0.6) is 0 Å². The summed E-state index contributed by atoms with van der Waals surface area (Å²) in [6.45, 7) is 5.01. The normalized spacial score (nSPS) is 21.4. The zero-order valence-corrected chi connectivity index (χ0v) is 13.4. The molecule has 2 aromatic heterocycles. The van der Waals surface area contributed by atoms with Crippen LogP contribution in [0.2, 0.25) is 0 Å². The fourth-order valence-electron chi connectivity index (χ4n) is 3.18. The second-order valence-electron chi connectivity index (χ2n) is 6.15. The van der Waals surface area contributed by atoms with Crippen molar-refractivity contribution in [1.82, 2.24) is 25.1 Å². The number of carbonyl (C=O) groups is 1. The van der Waals surface area contributed by atoms with Crippen LogP contribution >= 0.6 is 0 Å². The summed E-state index contributed by atoms with van der Waals surface area (Å²) in [4.78, 5) is 16.2. The summed E-state index contributed by atoms with van der Waals surface area (Å²) < 4.78 is 12.5. The van der Waals surface area contributed by atoms with E-state index in [1.807, 2.05) is 4.68 Å². The highest BCUT2D eigenvalue weighted by Gasteiger charge is 2.27. The van der Waals surface area contributed by atoms with Gasteiger partial charge in [-0.3, -0.25) is 4.79 Å². The van der Waals surface area contributed by atoms with Crippen LogP contribution in [0.15, 0.2) is 22.8 Å². The molecule has 0 saturated carbocycles. The Morgan fingerprint density at radius 3 is 2.88 bits per heavy atom. The Labute approximate surface area is 139 Å². The number of hydrogen-bond acceptors (Lipinski definition) is 7. The zero-order valence-electron chi connectivity index (χ0n) is 13.4. The van der Waals surface area contributed by atoms with Gasteiger partial charge >= 0.3 is 0 Å². The second kappa shape index (κ2) is 6.60. The number of rotatable bonds is 4. The number of furan rings is 1. The predicted molar refractivity (Wildman–Crippen MR) is 83.6 cm³/mol. The van der Waals surface area contributed by atoms with Crippen molar-refractivity contribution in [3.05, 3.63) is 24.2 Å². The largest absolute Gasteiger partial charge is 0.459 e. The summed E-state index contributed by atoms with van der Waals surface area (Å²) in [5.74, 6) is 1.55. The first-order valence-corrected chi connectivity index (χ1v) is 8.23. The molecule has 9 heteroatoms. The summed E-state index contributed by atoms with van der Waals surface area (Å²) in [5, 5.41) is 12.1. The fraction of sp³-hybridized carbons (Fsp3) is 0.600. The van der Waals surface area contributed by atoms with Gasteiger partial charge in [-0.25, -0.2) is 4.68 Å². The van der Waals surface area contributed by atoms with Gasteiger partial charge in [0.1, 0.15) is 0 Å². The molecule has 0 aromatic carbocycles. The van der Waals surface area contributed by atoms with Crippen molar-refractivity contribution in [1.29, 1.82) is 0 Å². The maximum atomic E-state index is 12.3. The number of tetrazole rings is 1. The molecule has 0 N–H and O–H groups in total. The maximum Gasteiger partial charge on any atom is 0.289 e. The highest BCUT2D eigenvalue weighted by Crippen LogP contribution is 2.19. The van der Waals surface area contributed by atoms with E-state index in [4.69, 9.17) is 9.15 Å². The Balaban J connectivity index is 1.37. The van der Waals surface area contributed by atoms with Crippen molar-refractivity contribution in [2.75, 3.05) is 44.3 Å². The minimum Gasteiger partial charge on any atom is -0.459 e.